The van der Waals surface area contributed by atoms with E-state index in [9.17, 15) is 13.2 Å². The van der Waals surface area contributed by atoms with Gasteiger partial charge in [-0.25, -0.2) is 18.4 Å². The molecule has 2 heterocycles. The van der Waals surface area contributed by atoms with Gasteiger partial charge in [0.25, 0.3) is 5.91 Å². The Balaban J connectivity index is 2.18. The van der Waals surface area contributed by atoms with Crippen LogP contribution in [-0.2, 0) is 9.84 Å². The SMILES string of the molecule is CCN(c1cc(C(=O)NCCC(C)C)nc(C)n1)C1CCS(=O)(=O)C1. The molecule has 0 spiro atoms. The highest BCUT2D eigenvalue weighted by Crippen LogP contribution is 2.23. The molecule has 2 rings (SSSR count). The van der Waals surface area contributed by atoms with Crippen LogP contribution in [0.15, 0.2) is 6.07 Å². The summed E-state index contributed by atoms with van der Waals surface area (Å²) in [5, 5.41) is 2.88. The summed E-state index contributed by atoms with van der Waals surface area (Å²) in [5.74, 6) is 1.77. The Kier molecular flexibility index (Phi) is 6.37. The maximum Gasteiger partial charge on any atom is 0.270 e. The highest BCUT2D eigenvalue weighted by molar-refractivity contribution is 7.91. The molecule has 1 aliphatic heterocycles. The van der Waals surface area contributed by atoms with Crippen LogP contribution in [0.1, 0.15) is 49.9 Å². The number of carbonyl (C=O) groups excluding carboxylic acids is 1. The van der Waals surface area contributed by atoms with Gasteiger partial charge in [-0.15, -0.1) is 0 Å². The Labute approximate surface area is 150 Å². The molecule has 25 heavy (non-hydrogen) atoms. The van der Waals surface area contributed by atoms with Gasteiger partial charge in [-0.05, 0) is 32.6 Å². The summed E-state index contributed by atoms with van der Waals surface area (Å²) in [4.78, 5) is 23.0. The van der Waals surface area contributed by atoms with E-state index >= 15 is 0 Å². The monoisotopic (exact) mass is 368 g/mol. The van der Waals surface area contributed by atoms with Crippen molar-refractivity contribution >= 4 is 21.6 Å². The standard InChI is InChI=1S/C17H28N4O3S/c1-5-21(14-7-9-25(23,24)11-14)16-10-15(19-13(4)20-16)17(22)18-8-6-12(2)3/h10,12,14H,5-9,11H2,1-4H3,(H,18,22). The van der Waals surface area contributed by atoms with Crippen LogP contribution in [0.5, 0.6) is 0 Å². The van der Waals surface area contributed by atoms with Crippen LogP contribution in [0.4, 0.5) is 5.82 Å². The Morgan fingerprint density at radius 1 is 1.40 bits per heavy atom. The summed E-state index contributed by atoms with van der Waals surface area (Å²) >= 11 is 0. The van der Waals surface area contributed by atoms with Gasteiger partial charge in [0.05, 0.1) is 11.5 Å². The summed E-state index contributed by atoms with van der Waals surface area (Å²) in [6, 6.07) is 1.56. The number of amides is 1. The molecule has 1 atom stereocenters. The summed E-state index contributed by atoms with van der Waals surface area (Å²) in [6.45, 7) is 9.15. The van der Waals surface area contributed by atoms with Gasteiger partial charge in [0, 0.05) is 25.2 Å². The molecular formula is C17H28N4O3S. The van der Waals surface area contributed by atoms with Crippen LogP contribution in [0.25, 0.3) is 0 Å². The minimum Gasteiger partial charge on any atom is -0.353 e. The fourth-order valence-corrected chi connectivity index (χ4v) is 4.74. The molecule has 1 aliphatic rings. The first-order valence-corrected chi connectivity index (χ1v) is 10.6. The third kappa shape index (κ3) is 5.39. The molecule has 1 aromatic heterocycles. The molecule has 1 unspecified atom stereocenters. The van der Waals surface area contributed by atoms with Crippen molar-refractivity contribution in [1.29, 1.82) is 0 Å². The van der Waals surface area contributed by atoms with Gasteiger partial charge >= 0.3 is 0 Å². The van der Waals surface area contributed by atoms with Gasteiger partial charge in [0.15, 0.2) is 9.84 Å². The third-order valence-corrected chi connectivity index (χ3v) is 6.10. The van der Waals surface area contributed by atoms with Crippen LogP contribution in [-0.4, -0.2) is 54.9 Å². The zero-order chi connectivity index (χ0) is 18.6. The zero-order valence-electron chi connectivity index (χ0n) is 15.4. The molecule has 0 bridgehead atoms. The lowest BCUT2D eigenvalue weighted by molar-refractivity contribution is 0.0946. The lowest BCUT2D eigenvalue weighted by Gasteiger charge is -2.28. The Morgan fingerprint density at radius 2 is 2.12 bits per heavy atom. The number of aryl methyl sites for hydroxylation is 1. The lowest BCUT2D eigenvalue weighted by Crippen LogP contribution is -2.37. The quantitative estimate of drug-likeness (QED) is 0.785. The second-order valence-electron chi connectivity index (χ2n) is 6.94. The number of sulfone groups is 1. The van der Waals surface area contributed by atoms with Gasteiger partial charge in [-0.1, -0.05) is 13.8 Å². The van der Waals surface area contributed by atoms with Gasteiger partial charge in [0.2, 0.25) is 0 Å². The molecule has 1 amide bonds. The first-order chi connectivity index (χ1) is 11.7. The van der Waals surface area contributed by atoms with E-state index < -0.39 is 9.84 Å². The van der Waals surface area contributed by atoms with E-state index in [1.54, 1.807) is 13.0 Å². The third-order valence-electron chi connectivity index (χ3n) is 4.35. The van der Waals surface area contributed by atoms with E-state index in [0.717, 1.165) is 6.42 Å². The predicted octanol–water partition coefficient (Wildman–Crippen LogP) is 1.57. The average molecular weight is 369 g/mol. The first kappa shape index (κ1) is 19.6. The molecule has 1 fully saturated rings. The van der Waals surface area contributed by atoms with Crippen LogP contribution >= 0.6 is 0 Å². The molecule has 1 aromatic rings. The van der Waals surface area contributed by atoms with E-state index in [-0.39, 0.29) is 23.5 Å². The maximum atomic E-state index is 12.4. The molecule has 0 aromatic carbocycles. The van der Waals surface area contributed by atoms with Crippen molar-refractivity contribution in [2.45, 2.75) is 46.6 Å². The minimum atomic E-state index is -2.98. The van der Waals surface area contributed by atoms with Crippen molar-refractivity contribution in [1.82, 2.24) is 15.3 Å². The molecule has 7 nitrogen and oxygen atoms in total. The second kappa shape index (κ2) is 8.12. The highest BCUT2D eigenvalue weighted by Gasteiger charge is 2.32. The van der Waals surface area contributed by atoms with Crippen molar-refractivity contribution in [2.24, 2.45) is 5.92 Å². The van der Waals surface area contributed by atoms with Crippen LogP contribution in [0.2, 0.25) is 0 Å². The fourth-order valence-electron chi connectivity index (χ4n) is 3.01. The van der Waals surface area contributed by atoms with Crippen molar-refractivity contribution in [3.8, 4) is 0 Å². The molecule has 1 N–H and O–H groups in total. The first-order valence-electron chi connectivity index (χ1n) is 8.82. The average Bonchev–Trinajstić information content (AvgIpc) is 2.87. The van der Waals surface area contributed by atoms with Gasteiger partial charge in [-0.3, -0.25) is 4.79 Å². The van der Waals surface area contributed by atoms with Crippen molar-refractivity contribution in [3.05, 3.63) is 17.6 Å². The van der Waals surface area contributed by atoms with E-state index in [2.05, 4.69) is 29.1 Å². The Hall–Kier alpha value is -1.70. The van der Waals surface area contributed by atoms with Gasteiger partial charge in [-0.2, -0.15) is 0 Å². The topological polar surface area (TPSA) is 92.3 Å². The highest BCUT2D eigenvalue weighted by atomic mass is 32.2. The number of hydrogen-bond donors (Lipinski definition) is 1. The Morgan fingerprint density at radius 3 is 2.68 bits per heavy atom. The van der Waals surface area contributed by atoms with Crippen molar-refractivity contribution in [3.63, 3.8) is 0 Å². The van der Waals surface area contributed by atoms with Crippen LogP contribution in [0, 0.1) is 12.8 Å². The Bertz CT molecular complexity index is 719. The predicted molar refractivity (Wildman–Crippen MR) is 98.6 cm³/mol. The molecule has 1 saturated heterocycles. The molecule has 0 aliphatic carbocycles. The summed E-state index contributed by atoms with van der Waals surface area (Å²) in [7, 11) is -2.98. The molecule has 0 radical (unpaired) electrons. The largest absolute Gasteiger partial charge is 0.353 e. The van der Waals surface area contributed by atoms with E-state index in [4.69, 9.17) is 0 Å². The van der Waals surface area contributed by atoms with Crippen molar-refractivity contribution in [2.75, 3.05) is 29.5 Å². The zero-order valence-corrected chi connectivity index (χ0v) is 16.3. The van der Waals surface area contributed by atoms with E-state index in [0.29, 0.717) is 42.8 Å². The van der Waals surface area contributed by atoms with Gasteiger partial charge in [0.1, 0.15) is 17.3 Å². The summed E-state index contributed by atoms with van der Waals surface area (Å²) in [6.07, 6.45) is 1.50. The molecule has 8 heteroatoms. The number of anilines is 1. The van der Waals surface area contributed by atoms with E-state index in [1.165, 1.54) is 0 Å². The number of hydrogen-bond acceptors (Lipinski definition) is 6. The maximum absolute atomic E-state index is 12.4. The van der Waals surface area contributed by atoms with E-state index in [1.807, 2.05) is 11.8 Å². The number of carbonyl (C=O) groups is 1. The number of nitrogens with one attached hydrogen (secondary N) is 1. The fraction of sp³-hybridized carbons (Fsp3) is 0.706. The van der Waals surface area contributed by atoms with Gasteiger partial charge < -0.3 is 10.2 Å². The molecule has 0 saturated carbocycles. The second-order valence-corrected chi connectivity index (χ2v) is 9.17. The molecular weight excluding hydrogens is 340 g/mol. The number of rotatable bonds is 7. The van der Waals surface area contributed by atoms with Crippen LogP contribution in [0.3, 0.4) is 0 Å². The van der Waals surface area contributed by atoms with Crippen LogP contribution < -0.4 is 10.2 Å². The lowest BCUT2D eigenvalue weighted by atomic mass is 10.1. The van der Waals surface area contributed by atoms with Crippen molar-refractivity contribution < 1.29 is 13.2 Å². The number of aromatic nitrogens is 2. The summed E-state index contributed by atoms with van der Waals surface area (Å²) < 4.78 is 23.6. The normalized spacial score (nSPS) is 19.2. The smallest absolute Gasteiger partial charge is 0.270 e. The minimum absolute atomic E-state index is 0.0962. The number of nitrogens with zero attached hydrogens (tertiary/aromatic N) is 3. The summed E-state index contributed by atoms with van der Waals surface area (Å²) in [5.41, 5.74) is 0.325. The molecule has 140 valence electrons.